The Balaban J connectivity index is 2.16. The highest BCUT2D eigenvalue weighted by Crippen LogP contribution is 2.29. The summed E-state index contributed by atoms with van der Waals surface area (Å²) in [5.74, 6) is -0.213. The predicted octanol–water partition coefficient (Wildman–Crippen LogP) is 2.13. The van der Waals surface area contributed by atoms with Crippen molar-refractivity contribution in [2.75, 3.05) is 13.6 Å². The van der Waals surface area contributed by atoms with Crippen molar-refractivity contribution in [3.8, 4) is 0 Å². The van der Waals surface area contributed by atoms with Crippen molar-refractivity contribution in [1.82, 2.24) is 4.90 Å². The standard InChI is InChI=1S/C14H20FNO/c1-10-6-13(15)5-4-12(10)8-14(17)7-11(2)16(3)9-14/h4-6,11,17H,7-9H2,1-3H3. The maximum absolute atomic E-state index is 13.0. The maximum Gasteiger partial charge on any atom is 0.123 e. The van der Waals surface area contributed by atoms with Crippen LogP contribution in [0.5, 0.6) is 0 Å². The maximum atomic E-state index is 13.0. The molecule has 1 aliphatic heterocycles. The van der Waals surface area contributed by atoms with Crippen LogP contribution in [-0.4, -0.2) is 35.2 Å². The lowest BCUT2D eigenvalue weighted by atomic mass is 9.90. The van der Waals surface area contributed by atoms with Gasteiger partial charge >= 0.3 is 0 Å². The highest BCUT2D eigenvalue weighted by molar-refractivity contribution is 5.28. The minimum atomic E-state index is -0.670. The topological polar surface area (TPSA) is 23.5 Å². The van der Waals surface area contributed by atoms with Gasteiger partial charge < -0.3 is 10.0 Å². The zero-order valence-corrected chi connectivity index (χ0v) is 10.7. The molecule has 0 saturated carbocycles. The van der Waals surface area contributed by atoms with E-state index in [9.17, 15) is 9.50 Å². The van der Waals surface area contributed by atoms with Crippen LogP contribution < -0.4 is 0 Å². The second-order valence-electron chi connectivity index (χ2n) is 5.44. The van der Waals surface area contributed by atoms with E-state index in [0.717, 1.165) is 17.5 Å². The fourth-order valence-electron chi connectivity index (χ4n) is 2.73. The van der Waals surface area contributed by atoms with E-state index in [-0.39, 0.29) is 5.82 Å². The summed E-state index contributed by atoms with van der Waals surface area (Å²) in [4.78, 5) is 2.17. The van der Waals surface area contributed by atoms with E-state index in [1.165, 1.54) is 12.1 Å². The Morgan fingerprint density at radius 1 is 1.53 bits per heavy atom. The number of hydrogen-bond acceptors (Lipinski definition) is 2. The molecule has 1 N–H and O–H groups in total. The summed E-state index contributed by atoms with van der Waals surface area (Å²) in [6.07, 6.45) is 1.38. The number of benzene rings is 1. The lowest BCUT2D eigenvalue weighted by molar-refractivity contribution is 0.0519. The number of hydrogen-bond donors (Lipinski definition) is 1. The molecule has 1 aromatic rings. The first-order chi connectivity index (χ1) is 7.89. The third-order valence-electron chi connectivity index (χ3n) is 3.80. The minimum absolute atomic E-state index is 0.213. The number of likely N-dealkylation sites (tertiary alicyclic amines) is 1. The molecule has 0 spiro atoms. The smallest absolute Gasteiger partial charge is 0.123 e. The zero-order chi connectivity index (χ0) is 12.6. The predicted molar refractivity (Wildman–Crippen MR) is 66.5 cm³/mol. The van der Waals surface area contributed by atoms with Crippen LogP contribution in [0, 0.1) is 12.7 Å². The van der Waals surface area contributed by atoms with Gasteiger partial charge in [0, 0.05) is 19.0 Å². The number of likely N-dealkylation sites (N-methyl/N-ethyl adjacent to an activating group) is 1. The number of rotatable bonds is 2. The normalized spacial score (nSPS) is 29.8. The Morgan fingerprint density at radius 3 is 2.76 bits per heavy atom. The lowest BCUT2D eigenvalue weighted by Gasteiger charge is -2.23. The highest BCUT2D eigenvalue weighted by atomic mass is 19.1. The number of nitrogens with zero attached hydrogens (tertiary/aromatic N) is 1. The average Bonchev–Trinajstić information content (AvgIpc) is 2.46. The van der Waals surface area contributed by atoms with Crippen LogP contribution in [0.1, 0.15) is 24.5 Å². The number of β-amino-alcohol motifs (C(OH)–C–C–N with tert-alkyl or cyclic N) is 1. The molecule has 94 valence electrons. The summed E-state index contributed by atoms with van der Waals surface area (Å²) in [7, 11) is 2.03. The molecule has 0 aliphatic carbocycles. The molecule has 3 heteroatoms. The second-order valence-corrected chi connectivity index (χ2v) is 5.44. The summed E-state index contributed by atoms with van der Waals surface area (Å²) in [6, 6.07) is 5.18. The van der Waals surface area contributed by atoms with Gasteiger partial charge in [-0.25, -0.2) is 4.39 Å². The average molecular weight is 237 g/mol. The third kappa shape index (κ3) is 2.67. The van der Waals surface area contributed by atoms with E-state index < -0.39 is 5.60 Å². The summed E-state index contributed by atoms with van der Waals surface area (Å²) in [5.41, 5.74) is 1.29. The lowest BCUT2D eigenvalue weighted by Crippen LogP contribution is -2.34. The van der Waals surface area contributed by atoms with Crippen molar-refractivity contribution in [3.63, 3.8) is 0 Å². The van der Waals surface area contributed by atoms with Gasteiger partial charge in [0.25, 0.3) is 0 Å². The molecule has 1 aromatic carbocycles. The molecule has 1 fully saturated rings. The molecule has 1 aliphatic rings. The second kappa shape index (κ2) is 4.39. The van der Waals surface area contributed by atoms with Crippen LogP contribution in [0.2, 0.25) is 0 Å². The summed E-state index contributed by atoms with van der Waals surface area (Å²) in [5, 5.41) is 10.5. The van der Waals surface area contributed by atoms with Gasteiger partial charge in [0.2, 0.25) is 0 Å². The largest absolute Gasteiger partial charge is 0.388 e. The molecule has 2 nitrogen and oxygen atoms in total. The van der Waals surface area contributed by atoms with Gasteiger partial charge in [-0.2, -0.15) is 0 Å². The molecule has 0 amide bonds. The van der Waals surface area contributed by atoms with Crippen molar-refractivity contribution in [1.29, 1.82) is 0 Å². The van der Waals surface area contributed by atoms with Crippen LogP contribution >= 0.6 is 0 Å². The Kier molecular flexibility index (Phi) is 3.23. The summed E-state index contributed by atoms with van der Waals surface area (Å²) >= 11 is 0. The first-order valence-electron chi connectivity index (χ1n) is 6.07. The molecule has 2 rings (SSSR count). The van der Waals surface area contributed by atoms with Gasteiger partial charge in [-0.15, -0.1) is 0 Å². The fourth-order valence-corrected chi connectivity index (χ4v) is 2.73. The van der Waals surface area contributed by atoms with Gasteiger partial charge in [-0.1, -0.05) is 6.07 Å². The van der Waals surface area contributed by atoms with Crippen LogP contribution in [0.4, 0.5) is 4.39 Å². The van der Waals surface area contributed by atoms with Crippen molar-refractivity contribution in [2.45, 2.75) is 38.3 Å². The first-order valence-corrected chi connectivity index (χ1v) is 6.07. The van der Waals surface area contributed by atoms with E-state index in [1.807, 2.05) is 14.0 Å². The van der Waals surface area contributed by atoms with E-state index in [1.54, 1.807) is 6.07 Å². The monoisotopic (exact) mass is 237 g/mol. The van der Waals surface area contributed by atoms with Crippen molar-refractivity contribution < 1.29 is 9.50 Å². The minimum Gasteiger partial charge on any atom is -0.388 e. The molecular weight excluding hydrogens is 217 g/mol. The van der Waals surface area contributed by atoms with E-state index in [2.05, 4.69) is 11.8 Å². The highest BCUT2D eigenvalue weighted by Gasteiger charge is 2.38. The molecule has 0 aromatic heterocycles. The molecule has 0 radical (unpaired) electrons. The first kappa shape index (κ1) is 12.5. The van der Waals surface area contributed by atoms with Crippen LogP contribution in [0.3, 0.4) is 0 Å². The Hall–Kier alpha value is -0.930. The third-order valence-corrected chi connectivity index (χ3v) is 3.80. The van der Waals surface area contributed by atoms with E-state index >= 15 is 0 Å². The van der Waals surface area contributed by atoms with Gasteiger partial charge in [-0.05, 0) is 50.6 Å². The fraction of sp³-hybridized carbons (Fsp3) is 0.571. The Morgan fingerprint density at radius 2 is 2.24 bits per heavy atom. The molecule has 1 heterocycles. The quantitative estimate of drug-likeness (QED) is 0.851. The van der Waals surface area contributed by atoms with Gasteiger partial charge in [-0.3, -0.25) is 0 Å². The molecular formula is C14H20FNO. The number of aryl methyl sites for hydroxylation is 1. The summed E-state index contributed by atoms with van der Waals surface area (Å²) in [6.45, 7) is 4.70. The van der Waals surface area contributed by atoms with Crippen LogP contribution in [0.25, 0.3) is 0 Å². The van der Waals surface area contributed by atoms with Gasteiger partial charge in [0.15, 0.2) is 0 Å². The van der Waals surface area contributed by atoms with E-state index in [0.29, 0.717) is 19.0 Å². The van der Waals surface area contributed by atoms with Crippen LogP contribution in [-0.2, 0) is 6.42 Å². The van der Waals surface area contributed by atoms with Crippen molar-refractivity contribution >= 4 is 0 Å². The van der Waals surface area contributed by atoms with Gasteiger partial charge in [0.05, 0.1) is 5.60 Å². The SMILES string of the molecule is Cc1cc(F)ccc1CC1(O)CC(C)N(C)C1. The molecule has 17 heavy (non-hydrogen) atoms. The molecule has 2 atom stereocenters. The van der Waals surface area contributed by atoms with E-state index in [4.69, 9.17) is 0 Å². The Bertz CT molecular complexity index is 409. The Labute approximate surface area is 102 Å². The molecule has 0 bridgehead atoms. The van der Waals surface area contributed by atoms with Gasteiger partial charge in [0.1, 0.15) is 5.82 Å². The number of aliphatic hydroxyl groups is 1. The van der Waals surface area contributed by atoms with Crippen molar-refractivity contribution in [3.05, 3.63) is 35.1 Å². The van der Waals surface area contributed by atoms with Crippen molar-refractivity contribution in [2.24, 2.45) is 0 Å². The molecule has 2 unspecified atom stereocenters. The number of halogens is 1. The van der Waals surface area contributed by atoms with Crippen LogP contribution in [0.15, 0.2) is 18.2 Å². The summed E-state index contributed by atoms with van der Waals surface area (Å²) < 4.78 is 13.0. The zero-order valence-electron chi connectivity index (χ0n) is 10.7. The molecule has 1 saturated heterocycles.